The normalized spacial score (nSPS) is 10.8. The third-order valence-electron chi connectivity index (χ3n) is 6.54. The molecule has 0 fully saturated rings. The van der Waals surface area contributed by atoms with Gasteiger partial charge < -0.3 is 10.6 Å². The van der Waals surface area contributed by atoms with Gasteiger partial charge in [-0.25, -0.2) is 0 Å². The van der Waals surface area contributed by atoms with Gasteiger partial charge in [-0.2, -0.15) is 0 Å². The van der Waals surface area contributed by atoms with E-state index in [1.807, 2.05) is 115 Å². The first-order valence-corrected chi connectivity index (χ1v) is 12.3. The van der Waals surface area contributed by atoms with Gasteiger partial charge in [0.2, 0.25) is 0 Å². The van der Waals surface area contributed by atoms with Crippen molar-refractivity contribution in [2.45, 2.75) is 0 Å². The maximum Gasteiger partial charge on any atom is 0.257 e. The molecule has 0 aliphatic heterocycles. The number of nitrogens with zero attached hydrogens (tertiary/aromatic N) is 1. The van der Waals surface area contributed by atoms with Crippen molar-refractivity contribution in [3.8, 4) is 11.3 Å². The van der Waals surface area contributed by atoms with Crippen molar-refractivity contribution < 1.29 is 9.59 Å². The summed E-state index contributed by atoms with van der Waals surface area (Å²) in [6.07, 6.45) is 1.58. The Kier molecular flexibility index (Phi) is 6.08. The molecule has 6 rings (SSSR count). The van der Waals surface area contributed by atoms with Gasteiger partial charge >= 0.3 is 0 Å². The average molecular weight is 494 g/mol. The number of anilines is 2. The molecule has 0 aliphatic carbocycles. The van der Waals surface area contributed by atoms with Crippen LogP contribution in [0.4, 0.5) is 11.4 Å². The Labute approximate surface area is 219 Å². The monoisotopic (exact) mass is 493 g/mol. The van der Waals surface area contributed by atoms with Crippen molar-refractivity contribution in [3.63, 3.8) is 0 Å². The molecule has 5 aromatic carbocycles. The Morgan fingerprint density at radius 3 is 1.95 bits per heavy atom. The van der Waals surface area contributed by atoms with E-state index in [9.17, 15) is 9.59 Å². The van der Waals surface area contributed by atoms with Gasteiger partial charge in [0.15, 0.2) is 0 Å². The lowest BCUT2D eigenvalue weighted by atomic mass is 10.0. The Hall–Kier alpha value is -5.29. The fourth-order valence-corrected chi connectivity index (χ4v) is 4.57. The number of amides is 2. The minimum Gasteiger partial charge on any atom is -0.322 e. The first-order valence-electron chi connectivity index (χ1n) is 12.3. The van der Waals surface area contributed by atoms with Crippen LogP contribution in [0.2, 0.25) is 0 Å². The van der Waals surface area contributed by atoms with Crippen molar-refractivity contribution in [1.82, 2.24) is 4.98 Å². The van der Waals surface area contributed by atoms with Crippen molar-refractivity contribution >= 4 is 44.7 Å². The summed E-state index contributed by atoms with van der Waals surface area (Å²) >= 11 is 0. The maximum absolute atomic E-state index is 12.9. The number of benzene rings is 5. The van der Waals surface area contributed by atoms with Crippen LogP contribution in [0.15, 0.2) is 128 Å². The predicted octanol–water partition coefficient (Wildman–Crippen LogP) is 7.56. The van der Waals surface area contributed by atoms with Gasteiger partial charge in [0, 0.05) is 34.1 Å². The lowest BCUT2D eigenvalue weighted by Crippen LogP contribution is -2.12. The van der Waals surface area contributed by atoms with E-state index in [-0.39, 0.29) is 11.8 Å². The van der Waals surface area contributed by atoms with Crippen LogP contribution in [0.1, 0.15) is 20.7 Å². The molecule has 0 bridgehead atoms. The van der Waals surface area contributed by atoms with Crippen LogP contribution in [-0.2, 0) is 0 Å². The molecule has 182 valence electrons. The maximum atomic E-state index is 12.9. The number of hydrogen-bond donors (Lipinski definition) is 2. The Bertz CT molecular complexity index is 1780. The highest BCUT2D eigenvalue weighted by Crippen LogP contribution is 2.25. The molecule has 5 heteroatoms. The molecular weight excluding hydrogens is 470 g/mol. The molecule has 0 saturated heterocycles. The van der Waals surface area contributed by atoms with E-state index >= 15 is 0 Å². The second kappa shape index (κ2) is 9.99. The van der Waals surface area contributed by atoms with Gasteiger partial charge in [0.25, 0.3) is 11.8 Å². The highest BCUT2D eigenvalue weighted by atomic mass is 16.2. The second-order valence-electron chi connectivity index (χ2n) is 8.97. The summed E-state index contributed by atoms with van der Waals surface area (Å²) in [4.78, 5) is 30.3. The Morgan fingerprint density at radius 1 is 0.553 bits per heavy atom. The minimum atomic E-state index is -0.216. The van der Waals surface area contributed by atoms with Gasteiger partial charge in [0.05, 0.1) is 11.3 Å². The predicted molar refractivity (Wildman–Crippen MR) is 153 cm³/mol. The van der Waals surface area contributed by atoms with E-state index in [1.54, 1.807) is 12.3 Å². The zero-order chi connectivity index (χ0) is 25.9. The topological polar surface area (TPSA) is 71.1 Å². The second-order valence-corrected chi connectivity index (χ2v) is 8.97. The zero-order valence-electron chi connectivity index (χ0n) is 20.4. The summed E-state index contributed by atoms with van der Waals surface area (Å²) in [5, 5.41) is 9.96. The molecule has 0 spiro atoms. The van der Waals surface area contributed by atoms with Crippen LogP contribution < -0.4 is 10.6 Å². The molecular formula is C33H23N3O2. The Balaban J connectivity index is 1.15. The van der Waals surface area contributed by atoms with Gasteiger partial charge in [-0.05, 0) is 52.6 Å². The van der Waals surface area contributed by atoms with Crippen LogP contribution in [0.3, 0.4) is 0 Å². The van der Waals surface area contributed by atoms with Gasteiger partial charge in [-0.15, -0.1) is 0 Å². The third kappa shape index (κ3) is 4.61. The van der Waals surface area contributed by atoms with Gasteiger partial charge in [-0.3, -0.25) is 14.6 Å². The number of aromatic nitrogens is 1. The number of carbonyl (C=O) groups is 2. The summed E-state index contributed by atoms with van der Waals surface area (Å²) in [7, 11) is 0. The van der Waals surface area contributed by atoms with E-state index in [0.29, 0.717) is 16.8 Å². The van der Waals surface area contributed by atoms with Crippen LogP contribution in [0.5, 0.6) is 0 Å². The molecule has 0 saturated carbocycles. The van der Waals surface area contributed by atoms with Crippen LogP contribution >= 0.6 is 0 Å². The van der Waals surface area contributed by atoms with E-state index in [0.717, 1.165) is 38.5 Å². The lowest BCUT2D eigenvalue weighted by Gasteiger charge is -2.10. The molecule has 0 radical (unpaired) electrons. The summed E-state index contributed by atoms with van der Waals surface area (Å²) in [6.45, 7) is 0. The van der Waals surface area contributed by atoms with E-state index in [4.69, 9.17) is 0 Å². The summed E-state index contributed by atoms with van der Waals surface area (Å²) in [5.41, 5.74) is 4.18. The van der Waals surface area contributed by atoms with Crippen molar-refractivity contribution in [3.05, 3.63) is 139 Å². The number of pyridine rings is 1. The molecule has 2 amide bonds. The van der Waals surface area contributed by atoms with Crippen LogP contribution in [0, 0.1) is 0 Å². The summed E-state index contributed by atoms with van der Waals surface area (Å²) in [6, 6.07) is 38.4. The third-order valence-corrected chi connectivity index (χ3v) is 6.54. The van der Waals surface area contributed by atoms with Crippen molar-refractivity contribution in [2.24, 2.45) is 0 Å². The number of carbonyl (C=O) groups excluding carboxylic acids is 2. The number of nitrogens with one attached hydrogen (secondary N) is 2. The fourth-order valence-electron chi connectivity index (χ4n) is 4.57. The lowest BCUT2D eigenvalue weighted by molar-refractivity contribution is 0.101. The number of hydrogen-bond acceptors (Lipinski definition) is 3. The molecule has 5 nitrogen and oxygen atoms in total. The largest absolute Gasteiger partial charge is 0.322 e. The molecule has 2 N–H and O–H groups in total. The first kappa shape index (κ1) is 23.1. The van der Waals surface area contributed by atoms with Crippen molar-refractivity contribution in [1.29, 1.82) is 0 Å². The molecule has 1 heterocycles. The Morgan fingerprint density at radius 2 is 1.21 bits per heavy atom. The molecule has 1 aromatic heterocycles. The van der Waals surface area contributed by atoms with E-state index < -0.39 is 0 Å². The minimum absolute atomic E-state index is 0.158. The van der Waals surface area contributed by atoms with Gasteiger partial charge in [-0.1, -0.05) is 84.9 Å². The zero-order valence-corrected chi connectivity index (χ0v) is 20.4. The van der Waals surface area contributed by atoms with Crippen LogP contribution in [0.25, 0.3) is 32.8 Å². The smallest absolute Gasteiger partial charge is 0.257 e. The van der Waals surface area contributed by atoms with E-state index in [2.05, 4.69) is 15.6 Å². The summed E-state index contributed by atoms with van der Waals surface area (Å²) < 4.78 is 0. The van der Waals surface area contributed by atoms with Crippen LogP contribution in [-0.4, -0.2) is 16.8 Å². The molecule has 0 unspecified atom stereocenters. The number of rotatable bonds is 5. The SMILES string of the molecule is O=C(Nc1cccc2ccccc12)c1ccc(-c2ccc(NC(=O)c3cccc4ccccc34)cc2)nc1. The standard InChI is InChI=1S/C33H23N3O2/c37-32(36-31-14-6-10-23-8-2-4-12-28(23)31)25-17-20-30(34-21-25)24-15-18-26(19-16-24)35-33(38)29-13-5-9-22-7-1-3-11-27(22)29/h1-21H,(H,35,38)(H,36,37). The number of fused-ring (bicyclic) bond motifs is 2. The average Bonchev–Trinajstić information content (AvgIpc) is 2.97. The quantitative estimate of drug-likeness (QED) is 0.260. The fraction of sp³-hybridized carbons (Fsp3) is 0. The molecule has 38 heavy (non-hydrogen) atoms. The molecule has 0 aliphatic rings. The highest BCUT2D eigenvalue weighted by molar-refractivity contribution is 6.13. The van der Waals surface area contributed by atoms with E-state index in [1.165, 1.54) is 0 Å². The van der Waals surface area contributed by atoms with Crippen molar-refractivity contribution in [2.75, 3.05) is 10.6 Å². The molecule has 6 aromatic rings. The molecule has 0 atom stereocenters. The highest BCUT2D eigenvalue weighted by Gasteiger charge is 2.12. The summed E-state index contributed by atoms with van der Waals surface area (Å²) in [5.74, 6) is -0.374. The first-order chi connectivity index (χ1) is 18.7. The van der Waals surface area contributed by atoms with Gasteiger partial charge in [0.1, 0.15) is 0 Å².